The van der Waals surface area contributed by atoms with Crippen LogP contribution in [0.2, 0.25) is 0 Å². The Kier molecular flexibility index (Phi) is 3.96. The Morgan fingerprint density at radius 1 is 1.37 bits per heavy atom. The third-order valence-corrected chi connectivity index (χ3v) is 2.97. The summed E-state index contributed by atoms with van der Waals surface area (Å²) in [7, 11) is 0. The Labute approximate surface area is 109 Å². The van der Waals surface area contributed by atoms with Gasteiger partial charge in [-0.2, -0.15) is 18.4 Å². The minimum absolute atomic E-state index is 0.122. The van der Waals surface area contributed by atoms with E-state index in [9.17, 15) is 13.2 Å². The highest BCUT2D eigenvalue weighted by Crippen LogP contribution is 2.34. The predicted octanol–water partition coefficient (Wildman–Crippen LogP) is 2.71. The Bertz CT molecular complexity index is 488. The van der Waals surface area contributed by atoms with Gasteiger partial charge >= 0.3 is 6.18 Å². The molecular weight excluding hydrogens is 257 g/mol. The highest BCUT2D eigenvalue weighted by Gasteiger charge is 2.34. The summed E-state index contributed by atoms with van der Waals surface area (Å²) in [6.45, 7) is 1.53. The van der Waals surface area contributed by atoms with Gasteiger partial charge < -0.3 is 10.1 Å². The van der Waals surface area contributed by atoms with E-state index >= 15 is 0 Å². The Balaban J connectivity index is 2.20. The molecule has 0 amide bonds. The fraction of sp³-hybridized carbons (Fsp3) is 0.462. The molecule has 1 saturated heterocycles. The zero-order valence-corrected chi connectivity index (χ0v) is 10.1. The van der Waals surface area contributed by atoms with Crippen LogP contribution in [0.1, 0.15) is 24.0 Å². The van der Waals surface area contributed by atoms with Gasteiger partial charge in [-0.25, -0.2) is 0 Å². The van der Waals surface area contributed by atoms with Crippen molar-refractivity contribution in [1.82, 2.24) is 5.32 Å². The largest absolute Gasteiger partial charge is 0.489 e. The van der Waals surface area contributed by atoms with Crippen LogP contribution in [0.4, 0.5) is 13.2 Å². The first-order chi connectivity index (χ1) is 9.00. The molecule has 0 radical (unpaired) electrons. The number of hydrogen-bond donors (Lipinski definition) is 1. The topological polar surface area (TPSA) is 45.0 Å². The van der Waals surface area contributed by atoms with Crippen molar-refractivity contribution in [3.8, 4) is 11.8 Å². The summed E-state index contributed by atoms with van der Waals surface area (Å²) >= 11 is 0. The lowest BCUT2D eigenvalue weighted by Crippen LogP contribution is -2.37. The molecule has 19 heavy (non-hydrogen) atoms. The number of piperidine rings is 1. The number of rotatable bonds is 2. The number of benzene rings is 1. The van der Waals surface area contributed by atoms with Crippen molar-refractivity contribution in [3.63, 3.8) is 0 Å². The van der Waals surface area contributed by atoms with Crippen molar-refractivity contribution < 1.29 is 17.9 Å². The fourth-order valence-electron chi connectivity index (χ4n) is 2.04. The van der Waals surface area contributed by atoms with Crippen LogP contribution in [0.5, 0.6) is 5.75 Å². The first-order valence-corrected chi connectivity index (χ1v) is 5.99. The number of halogens is 3. The molecule has 6 heteroatoms. The van der Waals surface area contributed by atoms with Gasteiger partial charge in [-0.3, -0.25) is 0 Å². The van der Waals surface area contributed by atoms with E-state index in [4.69, 9.17) is 10.00 Å². The van der Waals surface area contributed by atoms with E-state index in [0.717, 1.165) is 31.5 Å². The van der Waals surface area contributed by atoms with Gasteiger partial charge in [0.15, 0.2) is 0 Å². The molecule has 1 heterocycles. The average Bonchev–Trinajstić information content (AvgIpc) is 2.39. The molecule has 3 nitrogen and oxygen atoms in total. The van der Waals surface area contributed by atoms with Gasteiger partial charge in [0.05, 0.1) is 17.2 Å². The predicted molar refractivity (Wildman–Crippen MR) is 62.7 cm³/mol. The monoisotopic (exact) mass is 270 g/mol. The molecule has 0 bridgehead atoms. The zero-order chi connectivity index (χ0) is 13.9. The zero-order valence-electron chi connectivity index (χ0n) is 10.1. The number of alkyl halides is 3. The molecule has 1 aliphatic rings. The highest BCUT2D eigenvalue weighted by atomic mass is 19.4. The number of nitrogens with one attached hydrogen (secondary N) is 1. The third-order valence-electron chi connectivity index (χ3n) is 2.97. The lowest BCUT2D eigenvalue weighted by molar-refractivity contribution is -0.137. The molecule has 2 rings (SSSR count). The molecule has 0 spiro atoms. The SMILES string of the molecule is N#Cc1ccc(O[C@H]2CCCNC2)cc1C(F)(F)F. The van der Waals surface area contributed by atoms with Crippen molar-refractivity contribution in [2.75, 3.05) is 13.1 Å². The van der Waals surface area contributed by atoms with Crippen LogP contribution in [0.25, 0.3) is 0 Å². The standard InChI is InChI=1S/C13H13F3N2O/c14-13(15,16)12-6-10(4-3-9(12)7-17)19-11-2-1-5-18-8-11/h3-4,6,11,18H,1-2,5,8H2/t11-/m0/s1. The second-order valence-corrected chi connectivity index (χ2v) is 4.40. The quantitative estimate of drug-likeness (QED) is 0.898. The summed E-state index contributed by atoms with van der Waals surface area (Å²) in [5.74, 6) is 0.153. The summed E-state index contributed by atoms with van der Waals surface area (Å²) in [5.41, 5.74) is -1.34. The third kappa shape index (κ3) is 3.38. The number of nitrogens with zero attached hydrogens (tertiary/aromatic N) is 1. The fourth-order valence-corrected chi connectivity index (χ4v) is 2.04. The van der Waals surface area contributed by atoms with Gasteiger partial charge in [-0.05, 0) is 37.6 Å². The lowest BCUT2D eigenvalue weighted by atomic mass is 10.1. The van der Waals surface area contributed by atoms with E-state index in [1.807, 2.05) is 0 Å². The van der Waals surface area contributed by atoms with Gasteiger partial charge in [0.1, 0.15) is 11.9 Å². The van der Waals surface area contributed by atoms with E-state index in [0.29, 0.717) is 6.54 Å². The maximum atomic E-state index is 12.8. The summed E-state index contributed by atoms with van der Waals surface area (Å²) in [6, 6.07) is 4.99. The van der Waals surface area contributed by atoms with Gasteiger partial charge in [0.25, 0.3) is 0 Å². The highest BCUT2D eigenvalue weighted by molar-refractivity contribution is 5.44. The van der Waals surface area contributed by atoms with Crippen molar-refractivity contribution >= 4 is 0 Å². The van der Waals surface area contributed by atoms with Crippen LogP contribution >= 0.6 is 0 Å². The Hall–Kier alpha value is -1.74. The smallest absolute Gasteiger partial charge is 0.417 e. The van der Waals surface area contributed by atoms with Crippen LogP contribution in [0.3, 0.4) is 0 Å². The molecule has 0 saturated carbocycles. The Morgan fingerprint density at radius 3 is 2.74 bits per heavy atom. The molecular formula is C13H13F3N2O. The first kappa shape index (κ1) is 13.7. The van der Waals surface area contributed by atoms with Crippen molar-refractivity contribution in [1.29, 1.82) is 5.26 Å². The van der Waals surface area contributed by atoms with Crippen LogP contribution in [0, 0.1) is 11.3 Å². The van der Waals surface area contributed by atoms with Crippen LogP contribution in [-0.2, 0) is 6.18 Å². The van der Waals surface area contributed by atoms with Gasteiger partial charge in [0.2, 0.25) is 0 Å². The van der Waals surface area contributed by atoms with E-state index in [2.05, 4.69) is 5.32 Å². The minimum Gasteiger partial charge on any atom is -0.489 e. The second kappa shape index (κ2) is 5.49. The summed E-state index contributed by atoms with van der Waals surface area (Å²) in [4.78, 5) is 0. The molecule has 0 unspecified atom stereocenters. The van der Waals surface area contributed by atoms with E-state index in [-0.39, 0.29) is 17.4 Å². The molecule has 102 valence electrons. The molecule has 1 aromatic carbocycles. The number of ether oxygens (including phenoxy) is 1. The van der Waals surface area contributed by atoms with Crippen molar-refractivity contribution in [2.24, 2.45) is 0 Å². The molecule has 0 aliphatic carbocycles. The Morgan fingerprint density at radius 2 is 2.16 bits per heavy atom. The maximum Gasteiger partial charge on any atom is 0.417 e. The van der Waals surface area contributed by atoms with E-state index in [1.54, 1.807) is 6.07 Å². The average molecular weight is 270 g/mol. The van der Waals surface area contributed by atoms with Crippen molar-refractivity contribution in [3.05, 3.63) is 29.3 Å². The molecule has 1 N–H and O–H groups in total. The number of hydrogen-bond acceptors (Lipinski definition) is 3. The van der Waals surface area contributed by atoms with Gasteiger partial charge in [-0.1, -0.05) is 0 Å². The normalized spacial score (nSPS) is 19.8. The molecule has 1 fully saturated rings. The molecule has 0 aromatic heterocycles. The number of nitriles is 1. The lowest BCUT2D eigenvalue weighted by Gasteiger charge is -2.24. The van der Waals surface area contributed by atoms with Crippen LogP contribution in [0.15, 0.2) is 18.2 Å². The molecule has 1 atom stereocenters. The first-order valence-electron chi connectivity index (χ1n) is 5.99. The van der Waals surface area contributed by atoms with Gasteiger partial charge in [-0.15, -0.1) is 0 Å². The van der Waals surface area contributed by atoms with E-state index in [1.165, 1.54) is 6.07 Å². The summed E-state index contributed by atoms with van der Waals surface area (Å²) in [6.07, 6.45) is -2.92. The minimum atomic E-state index is -4.55. The van der Waals surface area contributed by atoms with Crippen LogP contribution < -0.4 is 10.1 Å². The second-order valence-electron chi connectivity index (χ2n) is 4.40. The molecule has 1 aromatic rings. The summed E-state index contributed by atoms with van der Waals surface area (Å²) < 4.78 is 43.8. The van der Waals surface area contributed by atoms with Crippen molar-refractivity contribution in [2.45, 2.75) is 25.1 Å². The summed E-state index contributed by atoms with van der Waals surface area (Å²) in [5, 5.41) is 11.8. The maximum absolute atomic E-state index is 12.8. The molecule has 1 aliphatic heterocycles. The van der Waals surface area contributed by atoms with Gasteiger partial charge in [0, 0.05) is 6.54 Å². The van der Waals surface area contributed by atoms with E-state index < -0.39 is 11.7 Å². The van der Waals surface area contributed by atoms with Crippen LogP contribution in [-0.4, -0.2) is 19.2 Å².